The Morgan fingerprint density at radius 2 is 1.65 bits per heavy atom. The number of nitrogens with zero attached hydrogens (tertiary/aromatic N) is 1. The average molecular weight is 329 g/mol. The summed E-state index contributed by atoms with van der Waals surface area (Å²) in [6, 6.07) is 15.5. The van der Waals surface area contributed by atoms with Gasteiger partial charge in [-0.15, -0.1) is 0 Å². The zero-order chi connectivity index (χ0) is 16.9. The molecule has 0 fully saturated rings. The van der Waals surface area contributed by atoms with Gasteiger partial charge in [0.05, 0.1) is 11.4 Å². The molecule has 0 heterocycles. The minimum Gasteiger partial charge on any atom is -0.269 e. The molecule has 5 heteroatoms. The van der Waals surface area contributed by atoms with Crippen molar-refractivity contribution < 1.29 is 13.2 Å². The van der Waals surface area contributed by atoms with E-state index in [-0.39, 0.29) is 11.4 Å². The molecule has 0 N–H and O–H groups in total. The fourth-order valence-electron chi connectivity index (χ4n) is 2.09. The molecule has 0 bridgehead atoms. The van der Waals surface area contributed by atoms with Crippen LogP contribution in [0.15, 0.2) is 71.6 Å². The molecule has 0 aliphatic carbocycles. The topological polar surface area (TPSA) is 54.5 Å². The largest absolute Gasteiger partial charge is 0.269 e. The summed E-state index contributed by atoms with van der Waals surface area (Å²) in [6.45, 7) is 3.56. The predicted molar refractivity (Wildman–Crippen MR) is 90.2 cm³/mol. The van der Waals surface area contributed by atoms with E-state index in [1.54, 1.807) is 31.2 Å². The van der Waals surface area contributed by atoms with Crippen molar-refractivity contribution in [3.8, 4) is 0 Å². The van der Waals surface area contributed by atoms with Gasteiger partial charge in [-0.25, -0.2) is 12.7 Å². The van der Waals surface area contributed by atoms with E-state index in [9.17, 15) is 13.2 Å². The fourth-order valence-corrected chi connectivity index (χ4v) is 3.45. The normalized spacial score (nSPS) is 11.6. The Kier molecular flexibility index (Phi) is 5.34. The van der Waals surface area contributed by atoms with Gasteiger partial charge in [0.2, 0.25) is 0 Å². The zero-order valence-electron chi connectivity index (χ0n) is 13.1. The summed E-state index contributed by atoms with van der Waals surface area (Å²) in [5.41, 5.74) is 1.71. The highest BCUT2D eigenvalue weighted by molar-refractivity contribution is 7.89. The second-order valence-corrected chi connectivity index (χ2v) is 7.01. The lowest BCUT2D eigenvalue weighted by Gasteiger charge is -2.21. The van der Waals surface area contributed by atoms with Crippen LogP contribution in [-0.2, 0) is 21.4 Å². The summed E-state index contributed by atoms with van der Waals surface area (Å²) in [7, 11) is -3.90. The van der Waals surface area contributed by atoms with Gasteiger partial charge >= 0.3 is 0 Å². The van der Waals surface area contributed by atoms with Crippen molar-refractivity contribution in [3.05, 3.63) is 77.9 Å². The molecule has 0 spiro atoms. The highest BCUT2D eigenvalue weighted by Crippen LogP contribution is 2.19. The number of sulfonamides is 1. The van der Waals surface area contributed by atoms with E-state index in [2.05, 4.69) is 0 Å². The number of aryl methyl sites for hydroxylation is 1. The van der Waals surface area contributed by atoms with Crippen LogP contribution in [0.5, 0.6) is 0 Å². The van der Waals surface area contributed by atoms with Crippen LogP contribution in [-0.4, -0.2) is 18.6 Å². The number of amides is 1. The molecule has 0 unspecified atom stereocenters. The molecule has 4 nitrogen and oxygen atoms in total. The van der Waals surface area contributed by atoms with Crippen molar-refractivity contribution >= 4 is 15.9 Å². The molecule has 0 saturated heterocycles. The molecule has 2 aromatic carbocycles. The second-order valence-electron chi connectivity index (χ2n) is 5.15. The first-order chi connectivity index (χ1) is 10.9. The fraction of sp³-hybridized carbons (Fsp3) is 0.167. The third-order valence-corrected chi connectivity index (χ3v) is 5.09. The average Bonchev–Trinajstić information content (AvgIpc) is 2.54. The molecule has 1 amide bonds. The smallest absolute Gasteiger partial charge is 0.267 e. The minimum atomic E-state index is -3.90. The molecule has 23 heavy (non-hydrogen) atoms. The summed E-state index contributed by atoms with van der Waals surface area (Å²) < 4.78 is 26.6. The quantitative estimate of drug-likeness (QED) is 0.791. The van der Waals surface area contributed by atoms with E-state index in [0.717, 1.165) is 15.4 Å². The van der Waals surface area contributed by atoms with Crippen molar-refractivity contribution in [1.29, 1.82) is 0 Å². The third-order valence-electron chi connectivity index (χ3n) is 3.33. The molecule has 120 valence electrons. The second kappa shape index (κ2) is 7.24. The molecule has 2 aromatic rings. The third kappa shape index (κ3) is 4.07. The van der Waals surface area contributed by atoms with Gasteiger partial charge in [0.1, 0.15) is 0 Å². The lowest BCUT2D eigenvalue weighted by atomic mass is 10.2. The standard InChI is InChI=1S/C18H19NO3S/c1-3-7-18(20)19(14-16-8-5-4-6-9-16)23(21,22)17-12-10-15(2)11-13-17/h3-13H,14H2,1-2H3/b7-3-. The summed E-state index contributed by atoms with van der Waals surface area (Å²) >= 11 is 0. The first-order valence-electron chi connectivity index (χ1n) is 7.25. The Morgan fingerprint density at radius 1 is 1.04 bits per heavy atom. The van der Waals surface area contributed by atoms with Crippen LogP contribution in [0.25, 0.3) is 0 Å². The maximum atomic E-state index is 12.8. The highest BCUT2D eigenvalue weighted by Gasteiger charge is 2.27. The summed E-state index contributed by atoms with van der Waals surface area (Å²) in [5.74, 6) is -0.558. The lowest BCUT2D eigenvalue weighted by Crippen LogP contribution is -2.35. The molecule has 0 saturated carbocycles. The number of carbonyl (C=O) groups is 1. The molecule has 0 aliphatic rings. The number of carbonyl (C=O) groups excluding carboxylic acids is 1. The minimum absolute atomic E-state index is 0.000221. The molecule has 0 aromatic heterocycles. The lowest BCUT2D eigenvalue weighted by molar-refractivity contribution is -0.122. The van der Waals surface area contributed by atoms with E-state index >= 15 is 0 Å². The van der Waals surface area contributed by atoms with Crippen LogP contribution >= 0.6 is 0 Å². The van der Waals surface area contributed by atoms with Crippen LogP contribution in [0.4, 0.5) is 0 Å². The molecule has 0 atom stereocenters. The maximum absolute atomic E-state index is 12.8. The van der Waals surface area contributed by atoms with Crippen molar-refractivity contribution in [2.24, 2.45) is 0 Å². The summed E-state index contributed by atoms with van der Waals surface area (Å²) in [5, 5.41) is 0. The van der Waals surface area contributed by atoms with E-state index in [1.807, 2.05) is 25.1 Å². The number of benzene rings is 2. The Labute approximate surface area is 137 Å². The maximum Gasteiger partial charge on any atom is 0.267 e. The SMILES string of the molecule is C/C=C\C(=O)N(Cc1ccccc1)S(=O)(=O)c1ccc(C)cc1. The Hall–Kier alpha value is -2.40. The van der Waals surface area contributed by atoms with Crippen molar-refractivity contribution in [3.63, 3.8) is 0 Å². The van der Waals surface area contributed by atoms with E-state index in [4.69, 9.17) is 0 Å². The predicted octanol–water partition coefficient (Wildman–Crippen LogP) is 3.29. The van der Waals surface area contributed by atoms with Gasteiger partial charge in [-0.05, 0) is 37.6 Å². The van der Waals surface area contributed by atoms with Crippen molar-refractivity contribution in [2.75, 3.05) is 0 Å². The van der Waals surface area contributed by atoms with E-state index in [0.29, 0.717) is 0 Å². The van der Waals surface area contributed by atoms with Gasteiger partial charge < -0.3 is 0 Å². The molecule has 0 aliphatic heterocycles. The molecule has 0 radical (unpaired) electrons. The van der Waals surface area contributed by atoms with E-state index in [1.165, 1.54) is 24.3 Å². The molecular formula is C18H19NO3S. The van der Waals surface area contributed by atoms with Gasteiger partial charge in [0.25, 0.3) is 15.9 Å². The van der Waals surface area contributed by atoms with Crippen LogP contribution in [0.1, 0.15) is 18.1 Å². The first kappa shape index (κ1) is 17.0. The zero-order valence-corrected chi connectivity index (χ0v) is 14.0. The van der Waals surface area contributed by atoms with Crippen LogP contribution in [0.3, 0.4) is 0 Å². The Bertz CT molecular complexity index is 794. The van der Waals surface area contributed by atoms with Crippen LogP contribution < -0.4 is 0 Å². The van der Waals surface area contributed by atoms with Crippen LogP contribution in [0.2, 0.25) is 0 Å². The van der Waals surface area contributed by atoms with Gasteiger partial charge in [-0.2, -0.15) is 0 Å². The number of allylic oxidation sites excluding steroid dienone is 1. The van der Waals surface area contributed by atoms with Gasteiger partial charge in [-0.1, -0.05) is 54.1 Å². The van der Waals surface area contributed by atoms with Crippen LogP contribution in [0, 0.1) is 6.92 Å². The molecular weight excluding hydrogens is 310 g/mol. The Morgan fingerprint density at radius 3 is 2.22 bits per heavy atom. The van der Waals surface area contributed by atoms with Crippen molar-refractivity contribution in [2.45, 2.75) is 25.3 Å². The summed E-state index contributed by atoms with van der Waals surface area (Å²) in [4.78, 5) is 12.4. The summed E-state index contributed by atoms with van der Waals surface area (Å²) in [6.07, 6.45) is 2.79. The molecule has 2 rings (SSSR count). The number of hydrogen-bond acceptors (Lipinski definition) is 3. The van der Waals surface area contributed by atoms with Gasteiger partial charge in [-0.3, -0.25) is 4.79 Å². The highest BCUT2D eigenvalue weighted by atomic mass is 32.2. The number of rotatable bonds is 5. The first-order valence-corrected chi connectivity index (χ1v) is 8.69. The monoisotopic (exact) mass is 329 g/mol. The van der Waals surface area contributed by atoms with E-state index < -0.39 is 15.9 Å². The van der Waals surface area contributed by atoms with Crippen molar-refractivity contribution in [1.82, 2.24) is 4.31 Å². The number of hydrogen-bond donors (Lipinski definition) is 0. The van der Waals surface area contributed by atoms with Gasteiger partial charge in [0.15, 0.2) is 0 Å². The van der Waals surface area contributed by atoms with Gasteiger partial charge in [0, 0.05) is 0 Å². The Balaban J connectivity index is 2.43.